The van der Waals surface area contributed by atoms with E-state index in [1.165, 1.54) is 0 Å². The lowest BCUT2D eigenvalue weighted by atomic mass is 10.1. The maximum absolute atomic E-state index is 12.4. The van der Waals surface area contributed by atoms with Gasteiger partial charge in [0.25, 0.3) is 5.91 Å². The zero-order valence-corrected chi connectivity index (χ0v) is 16.9. The maximum atomic E-state index is 12.4. The Balaban J connectivity index is 1.63. The second kappa shape index (κ2) is 9.64. The number of aryl methyl sites for hydroxylation is 2. The first-order valence-corrected chi connectivity index (χ1v) is 9.55. The lowest BCUT2D eigenvalue weighted by molar-refractivity contribution is -0.118. The van der Waals surface area contributed by atoms with Gasteiger partial charge in [0.05, 0.1) is 12.3 Å². The largest absolute Gasteiger partial charge is 0.494 e. The molecule has 0 unspecified atom stereocenters. The van der Waals surface area contributed by atoms with Gasteiger partial charge in [-0.15, -0.1) is 0 Å². The first-order chi connectivity index (χ1) is 14.0. The summed E-state index contributed by atoms with van der Waals surface area (Å²) >= 11 is 0. The zero-order valence-electron chi connectivity index (χ0n) is 16.9. The highest BCUT2D eigenvalue weighted by molar-refractivity contribution is 5.93. The molecule has 0 saturated carbocycles. The number of ether oxygens (including phenoxy) is 3. The monoisotopic (exact) mass is 391 g/mol. The average Bonchev–Trinajstić information content (AvgIpc) is 2.70. The molecular formula is C24H25NO4. The molecule has 0 spiro atoms. The van der Waals surface area contributed by atoms with E-state index in [1.807, 2.05) is 75.4 Å². The highest BCUT2D eigenvalue weighted by atomic mass is 16.5. The van der Waals surface area contributed by atoms with Crippen LogP contribution in [-0.2, 0) is 4.79 Å². The van der Waals surface area contributed by atoms with Crippen molar-refractivity contribution in [2.24, 2.45) is 0 Å². The van der Waals surface area contributed by atoms with E-state index in [9.17, 15) is 4.79 Å². The summed E-state index contributed by atoms with van der Waals surface area (Å²) in [5.41, 5.74) is 2.73. The summed E-state index contributed by atoms with van der Waals surface area (Å²) in [6.45, 7) is 6.44. The quantitative estimate of drug-likeness (QED) is 0.550. The Kier molecular flexibility index (Phi) is 6.74. The Labute approximate surface area is 171 Å². The van der Waals surface area contributed by atoms with Crippen LogP contribution in [0.5, 0.6) is 23.0 Å². The Bertz CT molecular complexity index is 967. The third-order valence-electron chi connectivity index (χ3n) is 4.21. The molecule has 1 N–H and O–H groups in total. The van der Waals surface area contributed by atoms with Gasteiger partial charge in [0.15, 0.2) is 12.4 Å². The molecule has 5 heteroatoms. The Hall–Kier alpha value is -3.47. The van der Waals surface area contributed by atoms with E-state index in [2.05, 4.69) is 5.32 Å². The summed E-state index contributed by atoms with van der Waals surface area (Å²) in [5, 5.41) is 2.85. The van der Waals surface area contributed by atoms with E-state index < -0.39 is 0 Å². The molecule has 150 valence electrons. The van der Waals surface area contributed by atoms with Crippen LogP contribution in [0.2, 0.25) is 0 Å². The summed E-state index contributed by atoms with van der Waals surface area (Å²) < 4.78 is 17.0. The van der Waals surface area contributed by atoms with Crippen molar-refractivity contribution in [1.29, 1.82) is 0 Å². The van der Waals surface area contributed by atoms with Gasteiger partial charge < -0.3 is 19.5 Å². The minimum absolute atomic E-state index is 0.0821. The normalized spacial score (nSPS) is 10.3. The smallest absolute Gasteiger partial charge is 0.262 e. The average molecular weight is 391 g/mol. The van der Waals surface area contributed by atoms with E-state index in [0.717, 1.165) is 16.9 Å². The molecule has 3 aromatic rings. The van der Waals surface area contributed by atoms with Gasteiger partial charge in [-0.05, 0) is 68.8 Å². The van der Waals surface area contributed by atoms with Crippen molar-refractivity contribution in [3.63, 3.8) is 0 Å². The number of benzene rings is 3. The Morgan fingerprint density at radius 2 is 1.59 bits per heavy atom. The zero-order chi connectivity index (χ0) is 20.6. The molecule has 0 bridgehead atoms. The third kappa shape index (κ3) is 5.75. The number of nitrogens with one attached hydrogen (secondary N) is 1. The Morgan fingerprint density at radius 1 is 0.862 bits per heavy atom. The van der Waals surface area contributed by atoms with Gasteiger partial charge >= 0.3 is 0 Å². The standard InChI is InChI=1S/C24H25NO4/c1-4-27-19-10-12-20(13-11-19)29-23-8-6-5-7-21(23)25-24(26)16-28-22-14-9-17(2)15-18(22)3/h5-15H,4,16H2,1-3H3,(H,25,26). The van der Waals surface area contributed by atoms with E-state index in [4.69, 9.17) is 14.2 Å². The SMILES string of the molecule is CCOc1ccc(Oc2ccccc2NC(=O)COc2ccc(C)cc2C)cc1. The van der Waals surface area contributed by atoms with Crippen LogP contribution in [0.3, 0.4) is 0 Å². The van der Waals surface area contributed by atoms with Gasteiger partial charge in [-0.2, -0.15) is 0 Å². The van der Waals surface area contributed by atoms with Crippen LogP contribution in [0.1, 0.15) is 18.1 Å². The maximum Gasteiger partial charge on any atom is 0.262 e. The molecule has 0 radical (unpaired) electrons. The van der Waals surface area contributed by atoms with Gasteiger partial charge in [-0.3, -0.25) is 4.79 Å². The van der Waals surface area contributed by atoms with E-state index >= 15 is 0 Å². The van der Waals surface area contributed by atoms with Gasteiger partial charge in [-0.1, -0.05) is 29.8 Å². The van der Waals surface area contributed by atoms with Crippen molar-refractivity contribution in [3.8, 4) is 23.0 Å². The van der Waals surface area contributed by atoms with Crippen LogP contribution in [0.15, 0.2) is 66.7 Å². The molecule has 1 amide bonds. The van der Waals surface area contributed by atoms with Gasteiger partial charge in [-0.25, -0.2) is 0 Å². The fourth-order valence-electron chi connectivity index (χ4n) is 2.85. The molecule has 0 fully saturated rings. The minimum atomic E-state index is -0.257. The number of rotatable bonds is 8. The molecule has 0 aliphatic rings. The third-order valence-corrected chi connectivity index (χ3v) is 4.21. The summed E-state index contributed by atoms with van der Waals surface area (Å²) in [6, 6.07) is 20.5. The number of carbonyl (C=O) groups is 1. The van der Waals surface area contributed by atoms with Gasteiger partial charge in [0.2, 0.25) is 0 Å². The van der Waals surface area contributed by atoms with Crippen molar-refractivity contribution in [1.82, 2.24) is 0 Å². The predicted molar refractivity (Wildman–Crippen MR) is 114 cm³/mol. The highest BCUT2D eigenvalue weighted by Crippen LogP contribution is 2.30. The second-order valence-electron chi connectivity index (χ2n) is 6.61. The lowest BCUT2D eigenvalue weighted by Gasteiger charge is -2.13. The van der Waals surface area contributed by atoms with Crippen molar-refractivity contribution in [2.45, 2.75) is 20.8 Å². The first kappa shape index (κ1) is 20.3. The van der Waals surface area contributed by atoms with Gasteiger partial charge in [0.1, 0.15) is 17.2 Å². The number of hydrogen-bond donors (Lipinski definition) is 1. The molecular weight excluding hydrogens is 366 g/mol. The van der Waals surface area contributed by atoms with Crippen LogP contribution >= 0.6 is 0 Å². The first-order valence-electron chi connectivity index (χ1n) is 9.55. The van der Waals surface area contributed by atoms with E-state index in [1.54, 1.807) is 12.1 Å². The molecule has 29 heavy (non-hydrogen) atoms. The van der Waals surface area contributed by atoms with Crippen molar-refractivity contribution >= 4 is 11.6 Å². The van der Waals surface area contributed by atoms with Crippen molar-refractivity contribution < 1.29 is 19.0 Å². The molecule has 3 rings (SSSR count). The summed E-state index contributed by atoms with van der Waals surface area (Å²) in [7, 11) is 0. The lowest BCUT2D eigenvalue weighted by Crippen LogP contribution is -2.20. The Morgan fingerprint density at radius 3 is 2.31 bits per heavy atom. The van der Waals surface area contributed by atoms with Crippen LogP contribution in [0.25, 0.3) is 0 Å². The number of para-hydroxylation sites is 2. The molecule has 0 atom stereocenters. The molecule has 0 saturated heterocycles. The predicted octanol–water partition coefficient (Wildman–Crippen LogP) is 5.51. The molecule has 0 aliphatic carbocycles. The van der Waals surface area contributed by atoms with E-state index in [0.29, 0.717) is 29.5 Å². The number of anilines is 1. The molecule has 5 nitrogen and oxygen atoms in total. The van der Waals surface area contributed by atoms with Crippen molar-refractivity contribution in [3.05, 3.63) is 77.9 Å². The van der Waals surface area contributed by atoms with Crippen LogP contribution < -0.4 is 19.5 Å². The van der Waals surface area contributed by atoms with E-state index in [-0.39, 0.29) is 12.5 Å². The minimum Gasteiger partial charge on any atom is -0.494 e. The van der Waals surface area contributed by atoms with Crippen molar-refractivity contribution in [2.75, 3.05) is 18.5 Å². The van der Waals surface area contributed by atoms with Crippen LogP contribution in [0.4, 0.5) is 5.69 Å². The number of hydrogen-bond acceptors (Lipinski definition) is 4. The van der Waals surface area contributed by atoms with Gasteiger partial charge in [0, 0.05) is 0 Å². The van der Waals surface area contributed by atoms with Crippen LogP contribution in [-0.4, -0.2) is 19.1 Å². The molecule has 3 aromatic carbocycles. The van der Waals surface area contributed by atoms with Crippen LogP contribution in [0, 0.1) is 13.8 Å². The summed E-state index contributed by atoms with van der Waals surface area (Å²) in [5.74, 6) is 2.43. The summed E-state index contributed by atoms with van der Waals surface area (Å²) in [4.78, 5) is 12.4. The fraction of sp³-hybridized carbons (Fsp3) is 0.208. The number of amides is 1. The highest BCUT2D eigenvalue weighted by Gasteiger charge is 2.10. The topological polar surface area (TPSA) is 56.8 Å². The second-order valence-corrected chi connectivity index (χ2v) is 6.61. The molecule has 0 heterocycles. The fourth-order valence-corrected chi connectivity index (χ4v) is 2.85. The molecule has 0 aliphatic heterocycles. The summed E-state index contributed by atoms with van der Waals surface area (Å²) in [6.07, 6.45) is 0. The number of carbonyl (C=O) groups excluding carboxylic acids is 1. The molecule has 0 aromatic heterocycles.